The highest BCUT2D eigenvalue weighted by Gasteiger charge is 2.32. The summed E-state index contributed by atoms with van der Waals surface area (Å²) in [6.45, 7) is -0.561. The van der Waals surface area contributed by atoms with E-state index in [1.807, 2.05) is 6.07 Å². The van der Waals surface area contributed by atoms with Crippen molar-refractivity contribution in [2.45, 2.75) is 12.7 Å². The molecule has 1 aliphatic rings. The standard InChI is InChI=1S/C17H16F3N7O/c1-26(9-17(18,19)20)15(25-16(22)23)12-8-27-4-5-28-13-3-2-10(7-21)6-11(13)14(27)24-12/h2-3,6,8H,4-5,9H2,1H3,(H3,22,23). The number of ether oxygens (including phenoxy) is 1. The summed E-state index contributed by atoms with van der Waals surface area (Å²) in [6, 6.07) is 6.90. The third kappa shape index (κ3) is 4.06. The average molecular weight is 391 g/mol. The van der Waals surface area contributed by atoms with Gasteiger partial charge in [-0.1, -0.05) is 0 Å². The molecule has 3 N–H and O–H groups in total. The molecule has 0 unspecified atom stereocenters. The first-order valence-corrected chi connectivity index (χ1v) is 8.13. The van der Waals surface area contributed by atoms with Crippen molar-refractivity contribution in [2.24, 2.45) is 10.7 Å². The zero-order valence-corrected chi connectivity index (χ0v) is 14.8. The van der Waals surface area contributed by atoms with E-state index in [1.54, 1.807) is 22.8 Å². The van der Waals surface area contributed by atoms with Crippen molar-refractivity contribution in [1.29, 1.82) is 10.7 Å². The molecule has 0 aliphatic carbocycles. The second-order valence-electron chi connectivity index (χ2n) is 6.11. The fourth-order valence-corrected chi connectivity index (χ4v) is 2.86. The fraction of sp³-hybridized carbons (Fsp3) is 0.294. The molecular formula is C17H16F3N7O. The second kappa shape index (κ2) is 7.22. The van der Waals surface area contributed by atoms with E-state index in [0.29, 0.717) is 35.9 Å². The van der Waals surface area contributed by atoms with Crippen molar-refractivity contribution in [3.8, 4) is 23.2 Å². The number of imidazole rings is 1. The number of aromatic nitrogens is 2. The van der Waals surface area contributed by atoms with E-state index in [9.17, 15) is 13.2 Å². The fourth-order valence-electron chi connectivity index (χ4n) is 2.86. The lowest BCUT2D eigenvalue weighted by Crippen LogP contribution is -2.37. The number of benzene rings is 1. The van der Waals surface area contributed by atoms with Gasteiger partial charge in [0.25, 0.3) is 0 Å². The van der Waals surface area contributed by atoms with Crippen molar-refractivity contribution >= 4 is 11.8 Å². The van der Waals surface area contributed by atoms with Crippen LogP contribution in [0.3, 0.4) is 0 Å². The zero-order valence-electron chi connectivity index (χ0n) is 14.8. The van der Waals surface area contributed by atoms with Gasteiger partial charge in [-0.3, -0.25) is 5.41 Å². The average Bonchev–Trinajstić information content (AvgIpc) is 2.94. The highest BCUT2D eigenvalue weighted by Crippen LogP contribution is 2.33. The van der Waals surface area contributed by atoms with Crippen molar-refractivity contribution < 1.29 is 17.9 Å². The van der Waals surface area contributed by atoms with Crippen LogP contribution in [-0.4, -0.2) is 52.6 Å². The van der Waals surface area contributed by atoms with E-state index < -0.39 is 18.7 Å². The van der Waals surface area contributed by atoms with E-state index in [1.165, 1.54) is 13.2 Å². The lowest BCUT2D eigenvalue weighted by molar-refractivity contribution is -0.135. The van der Waals surface area contributed by atoms with Gasteiger partial charge in [0.15, 0.2) is 5.84 Å². The molecule has 1 aliphatic heterocycles. The molecule has 1 aromatic carbocycles. The van der Waals surface area contributed by atoms with Crippen molar-refractivity contribution in [2.75, 3.05) is 20.2 Å². The lowest BCUT2D eigenvalue weighted by atomic mass is 10.1. The topological polar surface area (TPSA) is 116 Å². The highest BCUT2D eigenvalue weighted by molar-refractivity contribution is 6.03. The number of alkyl halides is 3. The molecule has 28 heavy (non-hydrogen) atoms. The summed E-state index contributed by atoms with van der Waals surface area (Å²) < 4.78 is 45.8. The number of amidine groups is 1. The molecule has 0 bridgehead atoms. The predicted molar refractivity (Wildman–Crippen MR) is 95.0 cm³/mol. The number of hydrogen-bond donors (Lipinski definition) is 2. The van der Waals surface area contributed by atoms with Gasteiger partial charge in [-0.2, -0.15) is 23.4 Å². The first-order chi connectivity index (χ1) is 13.2. The third-order valence-electron chi connectivity index (χ3n) is 3.95. The monoisotopic (exact) mass is 391 g/mol. The Hall–Kier alpha value is -3.55. The number of nitrogens with two attached hydrogens (primary N) is 1. The summed E-state index contributed by atoms with van der Waals surface area (Å²) >= 11 is 0. The quantitative estimate of drug-likeness (QED) is 0.600. The molecule has 2 aromatic rings. The molecule has 0 spiro atoms. The molecule has 0 radical (unpaired) electrons. The normalized spacial score (nSPS) is 13.6. The molecule has 0 saturated heterocycles. The number of fused-ring (bicyclic) bond motifs is 3. The molecule has 146 valence electrons. The van der Waals surface area contributed by atoms with E-state index >= 15 is 0 Å². The number of guanidine groups is 1. The number of nitrogens with one attached hydrogen (secondary N) is 1. The Morgan fingerprint density at radius 3 is 2.89 bits per heavy atom. The van der Waals surface area contributed by atoms with Crippen molar-refractivity contribution in [3.63, 3.8) is 0 Å². The molecule has 0 amide bonds. The van der Waals surface area contributed by atoms with Gasteiger partial charge in [0.2, 0.25) is 5.96 Å². The van der Waals surface area contributed by atoms with Crippen LogP contribution in [0.15, 0.2) is 29.4 Å². The second-order valence-corrected chi connectivity index (χ2v) is 6.11. The predicted octanol–water partition coefficient (Wildman–Crippen LogP) is 1.95. The Morgan fingerprint density at radius 1 is 1.50 bits per heavy atom. The number of halogens is 3. The van der Waals surface area contributed by atoms with Gasteiger partial charge in [0.1, 0.15) is 30.4 Å². The van der Waals surface area contributed by atoms with Crippen LogP contribution in [-0.2, 0) is 6.54 Å². The van der Waals surface area contributed by atoms with Crippen LogP contribution in [0.4, 0.5) is 13.2 Å². The molecule has 0 fully saturated rings. The van der Waals surface area contributed by atoms with Crippen LogP contribution in [0.5, 0.6) is 5.75 Å². The van der Waals surface area contributed by atoms with Crippen molar-refractivity contribution in [1.82, 2.24) is 14.5 Å². The number of nitrogens with zero attached hydrogens (tertiary/aromatic N) is 5. The number of nitriles is 1. The van der Waals surface area contributed by atoms with Crippen LogP contribution >= 0.6 is 0 Å². The molecule has 1 aromatic heterocycles. The van der Waals surface area contributed by atoms with Gasteiger partial charge in [-0.25, -0.2) is 4.98 Å². The van der Waals surface area contributed by atoms with E-state index in [0.717, 1.165) is 4.90 Å². The zero-order chi connectivity index (χ0) is 20.5. The van der Waals surface area contributed by atoms with Crippen LogP contribution in [0.25, 0.3) is 11.4 Å². The van der Waals surface area contributed by atoms with E-state index in [2.05, 4.69) is 9.98 Å². The number of hydrogen-bond acceptors (Lipinski definition) is 4. The smallest absolute Gasteiger partial charge is 0.405 e. The first kappa shape index (κ1) is 19.2. The molecule has 0 atom stereocenters. The Kier molecular flexibility index (Phi) is 4.96. The van der Waals surface area contributed by atoms with Crippen LogP contribution in [0.1, 0.15) is 11.3 Å². The Bertz CT molecular complexity index is 988. The third-order valence-corrected chi connectivity index (χ3v) is 3.95. The highest BCUT2D eigenvalue weighted by atomic mass is 19.4. The Labute approximate surface area is 158 Å². The molecule has 2 heterocycles. The van der Waals surface area contributed by atoms with Crippen LogP contribution in [0.2, 0.25) is 0 Å². The number of rotatable bonds is 2. The molecular weight excluding hydrogens is 375 g/mol. The van der Waals surface area contributed by atoms with Gasteiger partial charge in [-0.05, 0) is 18.2 Å². The summed E-state index contributed by atoms with van der Waals surface area (Å²) in [5.74, 6) is 0.131. The summed E-state index contributed by atoms with van der Waals surface area (Å²) in [5.41, 5.74) is 6.36. The van der Waals surface area contributed by atoms with Gasteiger partial charge in [0, 0.05) is 13.2 Å². The van der Waals surface area contributed by atoms with Crippen LogP contribution in [0, 0.1) is 16.7 Å². The maximum atomic E-state index is 12.8. The van der Waals surface area contributed by atoms with Crippen molar-refractivity contribution in [3.05, 3.63) is 35.7 Å². The van der Waals surface area contributed by atoms with Gasteiger partial charge >= 0.3 is 6.18 Å². The lowest BCUT2D eigenvalue weighted by Gasteiger charge is -2.21. The molecule has 0 saturated carbocycles. The summed E-state index contributed by atoms with van der Waals surface area (Å²) in [6.07, 6.45) is -2.94. The SMILES string of the molecule is CN(CC(F)(F)F)C(=NC(=N)N)c1cn2c(n1)-c1cc(C#N)ccc1OCC2. The summed E-state index contributed by atoms with van der Waals surface area (Å²) in [4.78, 5) is 8.99. The van der Waals surface area contributed by atoms with E-state index in [-0.39, 0.29) is 11.5 Å². The minimum atomic E-state index is -4.47. The van der Waals surface area contributed by atoms with Crippen LogP contribution < -0.4 is 10.5 Å². The van der Waals surface area contributed by atoms with Gasteiger partial charge < -0.3 is 19.9 Å². The molecule has 3 rings (SSSR count). The molecule has 11 heteroatoms. The maximum Gasteiger partial charge on any atom is 0.405 e. The maximum absolute atomic E-state index is 12.8. The Balaban J connectivity index is 2.09. The summed E-state index contributed by atoms with van der Waals surface area (Å²) in [5, 5.41) is 16.5. The van der Waals surface area contributed by atoms with Gasteiger partial charge in [-0.15, -0.1) is 0 Å². The summed E-state index contributed by atoms with van der Waals surface area (Å²) in [7, 11) is 1.20. The minimum absolute atomic E-state index is 0.132. The van der Waals surface area contributed by atoms with E-state index in [4.69, 9.17) is 21.1 Å². The Morgan fingerprint density at radius 2 is 2.25 bits per heavy atom. The number of aliphatic imine (C=N–C) groups is 1. The largest absolute Gasteiger partial charge is 0.491 e. The first-order valence-electron chi connectivity index (χ1n) is 8.13. The molecule has 8 nitrogen and oxygen atoms in total. The van der Waals surface area contributed by atoms with Gasteiger partial charge in [0.05, 0.1) is 23.7 Å². The minimum Gasteiger partial charge on any atom is -0.491 e.